The maximum Gasteiger partial charge on any atom is 0.255 e. The molecule has 1 amide bonds. The Morgan fingerprint density at radius 3 is 2.60 bits per heavy atom. The minimum Gasteiger partial charge on any atom is -0.396 e. The highest BCUT2D eigenvalue weighted by atomic mass is 35.5. The lowest BCUT2D eigenvalue weighted by atomic mass is 9.77. The van der Waals surface area contributed by atoms with Gasteiger partial charge in [-0.05, 0) is 42.9 Å². The molecular formula is C15H19ClFNO2. The SMILES string of the molecule is CCC1(CO)CCN(C(=O)c2ccc(F)cc2Cl)CC1. The fraction of sp³-hybridized carbons (Fsp3) is 0.533. The van der Waals surface area contributed by atoms with Gasteiger partial charge in [0.2, 0.25) is 0 Å². The third-order valence-corrected chi connectivity index (χ3v) is 4.67. The molecule has 0 aliphatic carbocycles. The van der Waals surface area contributed by atoms with Gasteiger partial charge in [-0.3, -0.25) is 4.79 Å². The van der Waals surface area contributed by atoms with Crippen LogP contribution in [0.3, 0.4) is 0 Å². The molecule has 1 aliphatic rings. The highest BCUT2D eigenvalue weighted by molar-refractivity contribution is 6.33. The second kappa shape index (κ2) is 6.10. The van der Waals surface area contributed by atoms with E-state index in [1.54, 1.807) is 4.90 Å². The van der Waals surface area contributed by atoms with Crippen molar-refractivity contribution in [1.29, 1.82) is 0 Å². The lowest BCUT2D eigenvalue weighted by molar-refractivity contribution is 0.0338. The number of halogens is 2. The standard InChI is InChI=1S/C15H19ClFNO2/c1-2-15(10-19)5-7-18(8-6-15)14(20)12-4-3-11(17)9-13(12)16/h3-4,9,19H,2,5-8,10H2,1H3. The van der Waals surface area contributed by atoms with Gasteiger partial charge in [0, 0.05) is 19.7 Å². The van der Waals surface area contributed by atoms with Crippen LogP contribution < -0.4 is 0 Å². The largest absolute Gasteiger partial charge is 0.396 e. The van der Waals surface area contributed by atoms with Crippen molar-refractivity contribution in [3.05, 3.63) is 34.6 Å². The number of likely N-dealkylation sites (tertiary alicyclic amines) is 1. The molecule has 20 heavy (non-hydrogen) atoms. The topological polar surface area (TPSA) is 40.5 Å². The van der Waals surface area contributed by atoms with E-state index in [1.807, 2.05) is 0 Å². The van der Waals surface area contributed by atoms with E-state index in [0.717, 1.165) is 25.3 Å². The summed E-state index contributed by atoms with van der Waals surface area (Å²) in [5.41, 5.74) is 0.268. The van der Waals surface area contributed by atoms with E-state index in [4.69, 9.17) is 11.6 Å². The van der Waals surface area contributed by atoms with Crippen molar-refractivity contribution in [3.63, 3.8) is 0 Å². The number of piperidine rings is 1. The lowest BCUT2D eigenvalue weighted by Crippen LogP contribution is -2.44. The fourth-order valence-electron chi connectivity index (χ4n) is 2.64. The van der Waals surface area contributed by atoms with Crippen molar-refractivity contribution in [2.24, 2.45) is 5.41 Å². The first-order chi connectivity index (χ1) is 9.51. The molecule has 0 spiro atoms. The predicted octanol–water partition coefficient (Wildman–Crippen LogP) is 3.10. The van der Waals surface area contributed by atoms with Crippen LogP contribution in [-0.4, -0.2) is 35.6 Å². The number of hydrogen-bond donors (Lipinski definition) is 1. The molecule has 1 saturated heterocycles. The van der Waals surface area contributed by atoms with Crippen LogP contribution in [0.25, 0.3) is 0 Å². The van der Waals surface area contributed by atoms with E-state index in [2.05, 4.69) is 6.92 Å². The first-order valence-electron chi connectivity index (χ1n) is 6.86. The minimum absolute atomic E-state index is 0.0661. The Kier molecular flexibility index (Phi) is 4.66. The molecule has 5 heteroatoms. The van der Waals surface area contributed by atoms with E-state index >= 15 is 0 Å². The number of hydrogen-bond acceptors (Lipinski definition) is 2. The highest BCUT2D eigenvalue weighted by Gasteiger charge is 2.34. The molecule has 1 N–H and O–H groups in total. The highest BCUT2D eigenvalue weighted by Crippen LogP contribution is 2.35. The van der Waals surface area contributed by atoms with E-state index in [-0.39, 0.29) is 23.0 Å². The third-order valence-electron chi connectivity index (χ3n) is 4.36. The van der Waals surface area contributed by atoms with Crippen molar-refractivity contribution in [2.75, 3.05) is 19.7 Å². The lowest BCUT2D eigenvalue weighted by Gasteiger charge is -2.40. The summed E-state index contributed by atoms with van der Waals surface area (Å²) >= 11 is 5.93. The number of carbonyl (C=O) groups excluding carboxylic acids is 1. The van der Waals surface area contributed by atoms with Gasteiger partial charge in [0.25, 0.3) is 5.91 Å². The summed E-state index contributed by atoms with van der Waals surface area (Å²) in [6.45, 7) is 3.41. The van der Waals surface area contributed by atoms with Crippen molar-refractivity contribution < 1.29 is 14.3 Å². The average molecular weight is 300 g/mol. The molecule has 0 bridgehead atoms. The Morgan fingerprint density at radius 1 is 1.45 bits per heavy atom. The van der Waals surface area contributed by atoms with Crippen LogP contribution in [0.1, 0.15) is 36.5 Å². The molecule has 3 nitrogen and oxygen atoms in total. The van der Waals surface area contributed by atoms with Gasteiger partial charge in [-0.1, -0.05) is 18.5 Å². The number of amides is 1. The molecule has 2 rings (SSSR count). The third kappa shape index (κ3) is 2.96. The first kappa shape index (κ1) is 15.3. The summed E-state index contributed by atoms with van der Waals surface area (Å²) in [7, 11) is 0. The molecule has 1 heterocycles. The van der Waals surface area contributed by atoms with Gasteiger partial charge in [0.15, 0.2) is 0 Å². The number of rotatable bonds is 3. The van der Waals surface area contributed by atoms with Crippen molar-refractivity contribution >= 4 is 17.5 Å². The van der Waals surface area contributed by atoms with Gasteiger partial charge in [-0.2, -0.15) is 0 Å². The van der Waals surface area contributed by atoms with Crippen LogP contribution in [0.4, 0.5) is 4.39 Å². The molecule has 0 unspecified atom stereocenters. The zero-order chi connectivity index (χ0) is 14.8. The zero-order valence-corrected chi connectivity index (χ0v) is 12.3. The van der Waals surface area contributed by atoms with Crippen LogP contribution in [-0.2, 0) is 0 Å². The molecule has 0 aromatic heterocycles. The number of benzene rings is 1. The van der Waals surface area contributed by atoms with Crippen LogP contribution >= 0.6 is 11.6 Å². The summed E-state index contributed by atoms with van der Waals surface area (Å²) in [5.74, 6) is -0.617. The van der Waals surface area contributed by atoms with Gasteiger partial charge in [-0.25, -0.2) is 4.39 Å². The van der Waals surface area contributed by atoms with Gasteiger partial charge >= 0.3 is 0 Å². The van der Waals surface area contributed by atoms with Crippen molar-refractivity contribution in [3.8, 4) is 0 Å². The summed E-state index contributed by atoms with van der Waals surface area (Å²) < 4.78 is 13.0. The van der Waals surface area contributed by atoms with Gasteiger partial charge < -0.3 is 10.0 Å². The maximum atomic E-state index is 13.0. The first-order valence-corrected chi connectivity index (χ1v) is 7.24. The number of aliphatic hydroxyl groups is 1. The Morgan fingerprint density at radius 2 is 2.10 bits per heavy atom. The second-order valence-electron chi connectivity index (χ2n) is 5.43. The minimum atomic E-state index is -0.449. The molecular weight excluding hydrogens is 281 g/mol. The molecule has 1 aromatic rings. The molecule has 110 valence electrons. The molecule has 0 radical (unpaired) electrons. The zero-order valence-electron chi connectivity index (χ0n) is 11.5. The predicted molar refractivity (Wildman–Crippen MR) is 76.4 cm³/mol. The van der Waals surface area contributed by atoms with Crippen LogP contribution in [0, 0.1) is 11.2 Å². The van der Waals surface area contributed by atoms with E-state index < -0.39 is 5.82 Å². The molecule has 0 atom stereocenters. The summed E-state index contributed by atoms with van der Waals surface area (Å²) in [5, 5.41) is 9.63. The maximum absolute atomic E-state index is 13.0. The van der Waals surface area contributed by atoms with E-state index in [0.29, 0.717) is 18.7 Å². The normalized spacial score (nSPS) is 18.1. The Hall–Kier alpha value is -1.13. The van der Waals surface area contributed by atoms with E-state index in [1.165, 1.54) is 12.1 Å². The summed E-state index contributed by atoms with van der Waals surface area (Å²) in [6.07, 6.45) is 2.47. The summed E-state index contributed by atoms with van der Waals surface area (Å²) in [6, 6.07) is 3.82. The van der Waals surface area contributed by atoms with Crippen molar-refractivity contribution in [2.45, 2.75) is 26.2 Å². The molecule has 1 aliphatic heterocycles. The Labute approximate surface area is 123 Å². The monoisotopic (exact) mass is 299 g/mol. The molecule has 1 fully saturated rings. The smallest absolute Gasteiger partial charge is 0.255 e. The van der Waals surface area contributed by atoms with Gasteiger partial charge in [0.05, 0.1) is 10.6 Å². The number of aliphatic hydroxyl groups excluding tert-OH is 1. The van der Waals surface area contributed by atoms with Crippen LogP contribution in [0.2, 0.25) is 5.02 Å². The Bertz CT molecular complexity index is 493. The number of nitrogens with zero attached hydrogens (tertiary/aromatic N) is 1. The molecule has 0 saturated carbocycles. The summed E-state index contributed by atoms with van der Waals surface area (Å²) in [4.78, 5) is 14.1. The van der Waals surface area contributed by atoms with Gasteiger partial charge in [-0.15, -0.1) is 0 Å². The van der Waals surface area contributed by atoms with Crippen LogP contribution in [0.15, 0.2) is 18.2 Å². The van der Waals surface area contributed by atoms with Crippen LogP contribution in [0.5, 0.6) is 0 Å². The fourth-order valence-corrected chi connectivity index (χ4v) is 2.89. The average Bonchev–Trinajstić information content (AvgIpc) is 2.47. The van der Waals surface area contributed by atoms with Crippen molar-refractivity contribution in [1.82, 2.24) is 4.90 Å². The Balaban J connectivity index is 2.09. The van der Waals surface area contributed by atoms with E-state index in [9.17, 15) is 14.3 Å². The molecule has 1 aromatic carbocycles. The number of carbonyl (C=O) groups is 1. The van der Waals surface area contributed by atoms with Gasteiger partial charge in [0.1, 0.15) is 5.82 Å². The second-order valence-corrected chi connectivity index (χ2v) is 5.84. The quantitative estimate of drug-likeness (QED) is 0.931.